The number of hydrogen-bond donors (Lipinski definition) is 0. The number of rotatable bonds is 2. The number of hydrogen-bond acceptors (Lipinski definition) is 4. The van der Waals surface area contributed by atoms with Gasteiger partial charge in [-0.25, -0.2) is 0 Å². The lowest BCUT2D eigenvalue weighted by molar-refractivity contribution is 1.09. The van der Waals surface area contributed by atoms with E-state index >= 15 is 0 Å². The molecule has 0 unspecified atom stereocenters. The minimum Gasteiger partial charge on any atom is -0.258 e. The SMILES string of the molecule is C=C(C)c1cnc(C)cn1.C=C(C)c1cnc(C)cn1. The van der Waals surface area contributed by atoms with E-state index in [-0.39, 0.29) is 0 Å². The molecule has 4 heteroatoms. The van der Waals surface area contributed by atoms with Crippen LogP contribution in [0, 0.1) is 13.8 Å². The predicted molar refractivity (Wildman–Crippen MR) is 83.0 cm³/mol. The second-order valence-electron chi connectivity index (χ2n) is 4.65. The van der Waals surface area contributed by atoms with Crippen LogP contribution in [-0.4, -0.2) is 19.9 Å². The Hall–Kier alpha value is -2.36. The van der Waals surface area contributed by atoms with Crippen molar-refractivity contribution in [3.63, 3.8) is 0 Å². The van der Waals surface area contributed by atoms with Gasteiger partial charge in [-0.1, -0.05) is 13.2 Å². The number of allylic oxidation sites excluding steroid dienone is 2. The van der Waals surface area contributed by atoms with Crippen LogP contribution in [0.1, 0.15) is 36.6 Å². The van der Waals surface area contributed by atoms with Crippen LogP contribution in [0.25, 0.3) is 11.1 Å². The molecular formula is C16H20N4. The molecule has 0 saturated carbocycles. The summed E-state index contributed by atoms with van der Waals surface area (Å²) in [6.07, 6.45) is 6.95. The molecule has 0 aliphatic carbocycles. The zero-order chi connectivity index (χ0) is 15.1. The molecule has 4 nitrogen and oxygen atoms in total. The van der Waals surface area contributed by atoms with Crippen molar-refractivity contribution in [3.05, 3.63) is 60.7 Å². The van der Waals surface area contributed by atoms with E-state index in [1.165, 1.54) is 0 Å². The van der Waals surface area contributed by atoms with Gasteiger partial charge in [0.1, 0.15) is 0 Å². The van der Waals surface area contributed by atoms with Crippen molar-refractivity contribution in [3.8, 4) is 0 Å². The Kier molecular flexibility index (Phi) is 5.72. The lowest BCUT2D eigenvalue weighted by Crippen LogP contribution is -1.88. The smallest absolute Gasteiger partial charge is 0.0836 e. The van der Waals surface area contributed by atoms with Crippen LogP contribution in [0.4, 0.5) is 0 Å². The van der Waals surface area contributed by atoms with Crippen molar-refractivity contribution in [2.24, 2.45) is 0 Å². The molecule has 2 aromatic rings. The van der Waals surface area contributed by atoms with Crippen LogP contribution in [0.15, 0.2) is 37.9 Å². The van der Waals surface area contributed by atoms with E-state index in [4.69, 9.17) is 0 Å². The van der Waals surface area contributed by atoms with Gasteiger partial charge >= 0.3 is 0 Å². The van der Waals surface area contributed by atoms with Crippen LogP contribution in [-0.2, 0) is 0 Å². The Bertz CT molecular complexity index is 527. The minimum atomic E-state index is 0.866. The zero-order valence-corrected chi connectivity index (χ0v) is 12.5. The fourth-order valence-corrected chi connectivity index (χ4v) is 1.23. The first-order valence-electron chi connectivity index (χ1n) is 6.29. The highest BCUT2D eigenvalue weighted by atomic mass is 14.8. The summed E-state index contributed by atoms with van der Waals surface area (Å²) in [6.45, 7) is 15.2. The van der Waals surface area contributed by atoms with Gasteiger partial charge in [0.05, 0.1) is 35.2 Å². The van der Waals surface area contributed by atoms with E-state index in [2.05, 4.69) is 33.1 Å². The quantitative estimate of drug-likeness (QED) is 0.834. The van der Waals surface area contributed by atoms with E-state index < -0.39 is 0 Å². The van der Waals surface area contributed by atoms with Gasteiger partial charge in [0.25, 0.3) is 0 Å². The van der Waals surface area contributed by atoms with Gasteiger partial charge < -0.3 is 0 Å². The highest BCUT2D eigenvalue weighted by Gasteiger charge is 1.93. The van der Waals surface area contributed by atoms with Crippen molar-refractivity contribution in [1.29, 1.82) is 0 Å². The molecule has 0 aliphatic heterocycles. The Labute approximate surface area is 120 Å². The molecule has 2 heterocycles. The van der Waals surface area contributed by atoms with Crippen molar-refractivity contribution in [1.82, 2.24) is 19.9 Å². The monoisotopic (exact) mass is 268 g/mol. The van der Waals surface area contributed by atoms with Gasteiger partial charge in [-0.2, -0.15) is 0 Å². The molecule has 0 amide bonds. The summed E-state index contributed by atoms with van der Waals surface area (Å²) in [7, 11) is 0. The molecule has 0 fully saturated rings. The molecule has 0 bridgehead atoms. The third-order valence-corrected chi connectivity index (χ3v) is 2.44. The van der Waals surface area contributed by atoms with Crippen LogP contribution < -0.4 is 0 Å². The summed E-state index contributed by atoms with van der Waals surface area (Å²) in [5.74, 6) is 0. The molecule has 0 N–H and O–H groups in total. The van der Waals surface area contributed by atoms with Gasteiger partial charge in [0, 0.05) is 12.4 Å². The van der Waals surface area contributed by atoms with Gasteiger partial charge in [0.2, 0.25) is 0 Å². The normalized spacial score (nSPS) is 9.40. The topological polar surface area (TPSA) is 51.6 Å². The van der Waals surface area contributed by atoms with Crippen molar-refractivity contribution in [2.75, 3.05) is 0 Å². The first kappa shape index (κ1) is 15.7. The maximum Gasteiger partial charge on any atom is 0.0836 e. The molecule has 0 saturated heterocycles. The Morgan fingerprint density at radius 3 is 1.25 bits per heavy atom. The summed E-state index contributed by atoms with van der Waals surface area (Å²) in [5.41, 5.74) is 5.51. The fraction of sp³-hybridized carbons (Fsp3) is 0.250. The van der Waals surface area contributed by atoms with E-state index in [9.17, 15) is 0 Å². The summed E-state index contributed by atoms with van der Waals surface area (Å²) in [4.78, 5) is 16.4. The average molecular weight is 268 g/mol. The molecule has 20 heavy (non-hydrogen) atoms. The van der Waals surface area contributed by atoms with Gasteiger partial charge in [-0.3, -0.25) is 19.9 Å². The molecule has 104 valence electrons. The van der Waals surface area contributed by atoms with Crippen LogP contribution in [0.5, 0.6) is 0 Å². The predicted octanol–water partition coefficient (Wildman–Crippen LogP) is 3.64. The molecular weight excluding hydrogens is 248 g/mol. The molecule has 0 radical (unpaired) electrons. The summed E-state index contributed by atoms with van der Waals surface area (Å²) >= 11 is 0. The minimum absolute atomic E-state index is 0.866. The highest BCUT2D eigenvalue weighted by molar-refractivity contribution is 5.56. The fourth-order valence-electron chi connectivity index (χ4n) is 1.23. The maximum atomic E-state index is 4.12. The van der Waals surface area contributed by atoms with Crippen LogP contribution >= 0.6 is 0 Å². The number of aromatic nitrogens is 4. The van der Waals surface area contributed by atoms with E-state index in [0.29, 0.717) is 0 Å². The second kappa shape index (κ2) is 7.28. The maximum absolute atomic E-state index is 4.12. The lowest BCUT2D eigenvalue weighted by Gasteiger charge is -1.96. The Morgan fingerprint density at radius 1 is 0.700 bits per heavy atom. The van der Waals surface area contributed by atoms with Crippen molar-refractivity contribution >= 4 is 11.1 Å². The first-order valence-corrected chi connectivity index (χ1v) is 6.29. The first-order chi connectivity index (χ1) is 9.40. The van der Waals surface area contributed by atoms with Gasteiger partial charge in [-0.05, 0) is 38.8 Å². The van der Waals surface area contributed by atoms with Crippen molar-refractivity contribution < 1.29 is 0 Å². The molecule has 0 spiro atoms. The van der Waals surface area contributed by atoms with Gasteiger partial charge in [0.15, 0.2) is 0 Å². The second-order valence-corrected chi connectivity index (χ2v) is 4.65. The highest BCUT2D eigenvalue weighted by Crippen LogP contribution is 2.05. The van der Waals surface area contributed by atoms with E-state index in [1.807, 2.05) is 27.7 Å². The largest absolute Gasteiger partial charge is 0.258 e. The third-order valence-electron chi connectivity index (χ3n) is 2.44. The molecule has 0 aliphatic rings. The molecule has 0 aromatic carbocycles. The summed E-state index contributed by atoms with van der Waals surface area (Å²) in [6, 6.07) is 0. The zero-order valence-electron chi connectivity index (χ0n) is 12.5. The van der Waals surface area contributed by atoms with Crippen LogP contribution in [0.2, 0.25) is 0 Å². The van der Waals surface area contributed by atoms with E-state index in [1.54, 1.807) is 24.8 Å². The third kappa shape index (κ3) is 5.10. The molecule has 2 rings (SSSR count). The molecule has 0 atom stereocenters. The Balaban J connectivity index is 0.000000200. The molecule has 2 aromatic heterocycles. The standard InChI is InChI=1S/2C8H10N2/c2*1-6(2)8-5-9-7(3)4-10-8/h2*4-5H,1H2,2-3H3. The average Bonchev–Trinajstić information content (AvgIpc) is 2.40. The van der Waals surface area contributed by atoms with Gasteiger partial charge in [-0.15, -0.1) is 0 Å². The number of aryl methyl sites for hydroxylation is 2. The number of nitrogens with zero attached hydrogens (tertiary/aromatic N) is 4. The summed E-state index contributed by atoms with van der Waals surface area (Å²) < 4.78 is 0. The van der Waals surface area contributed by atoms with Crippen molar-refractivity contribution in [2.45, 2.75) is 27.7 Å². The van der Waals surface area contributed by atoms with Crippen LogP contribution in [0.3, 0.4) is 0 Å². The van der Waals surface area contributed by atoms with E-state index in [0.717, 1.165) is 33.9 Å². The Morgan fingerprint density at radius 2 is 1.05 bits per heavy atom. The lowest BCUT2D eigenvalue weighted by atomic mass is 10.2. The summed E-state index contributed by atoms with van der Waals surface area (Å²) in [5, 5.41) is 0.